The van der Waals surface area contributed by atoms with Crippen LogP contribution in [0.2, 0.25) is 0 Å². The van der Waals surface area contributed by atoms with Crippen LogP contribution in [0.5, 0.6) is 0 Å². The summed E-state index contributed by atoms with van der Waals surface area (Å²) in [5.41, 5.74) is 2.50. The topological polar surface area (TPSA) is 36.4 Å². The number of pyridine rings is 1. The molecule has 1 unspecified atom stereocenters. The molecule has 23 heavy (non-hydrogen) atoms. The maximum absolute atomic E-state index is 12.8. The fraction of sp³-hybridized carbons (Fsp3) is 0.333. The third-order valence-corrected chi connectivity index (χ3v) is 5.85. The highest BCUT2D eigenvalue weighted by molar-refractivity contribution is 8.01. The van der Waals surface area contributed by atoms with Crippen molar-refractivity contribution < 1.29 is 4.79 Å². The normalized spacial score (nSPS) is 20.4. The number of piperazine rings is 1. The van der Waals surface area contributed by atoms with Gasteiger partial charge in [-0.2, -0.15) is 0 Å². The molecule has 1 aromatic carbocycles. The number of thioether (sulfide) groups is 1. The Kier molecular flexibility index (Phi) is 3.95. The second kappa shape index (κ2) is 6.24. The van der Waals surface area contributed by atoms with E-state index in [0.29, 0.717) is 5.91 Å². The fourth-order valence-electron chi connectivity index (χ4n) is 3.26. The van der Waals surface area contributed by atoms with Gasteiger partial charge >= 0.3 is 0 Å². The number of amides is 1. The Morgan fingerprint density at radius 1 is 1.04 bits per heavy atom. The average Bonchev–Trinajstić information content (AvgIpc) is 3.06. The maximum atomic E-state index is 12.8. The molecule has 2 aromatic rings. The zero-order chi connectivity index (χ0) is 15.6. The molecule has 2 aliphatic heterocycles. The van der Waals surface area contributed by atoms with Gasteiger partial charge in [0.1, 0.15) is 0 Å². The van der Waals surface area contributed by atoms with Crippen molar-refractivity contribution in [1.82, 2.24) is 9.88 Å². The van der Waals surface area contributed by atoms with Crippen LogP contribution >= 0.6 is 11.8 Å². The molecule has 1 atom stereocenters. The van der Waals surface area contributed by atoms with Crippen molar-refractivity contribution in [2.75, 3.05) is 31.1 Å². The van der Waals surface area contributed by atoms with E-state index in [0.717, 1.165) is 32.6 Å². The minimum absolute atomic E-state index is 0.0554. The van der Waals surface area contributed by atoms with Crippen LogP contribution in [0.3, 0.4) is 0 Å². The summed E-state index contributed by atoms with van der Waals surface area (Å²) in [6.07, 6.45) is 4.50. The van der Waals surface area contributed by atoms with Gasteiger partial charge in [-0.05, 0) is 30.2 Å². The Balaban J connectivity index is 1.37. The van der Waals surface area contributed by atoms with Gasteiger partial charge in [0.2, 0.25) is 5.91 Å². The molecule has 3 heterocycles. The Hall–Kier alpha value is -2.01. The average molecular weight is 325 g/mol. The van der Waals surface area contributed by atoms with Crippen molar-refractivity contribution in [2.45, 2.75) is 16.6 Å². The molecule has 1 amide bonds. The summed E-state index contributed by atoms with van der Waals surface area (Å²) in [7, 11) is 0. The van der Waals surface area contributed by atoms with E-state index in [2.05, 4.69) is 28.1 Å². The molecule has 0 N–H and O–H groups in total. The van der Waals surface area contributed by atoms with Crippen LogP contribution < -0.4 is 4.90 Å². The monoisotopic (exact) mass is 325 g/mol. The molecular formula is C18H19N3OS. The van der Waals surface area contributed by atoms with Crippen molar-refractivity contribution in [2.24, 2.45) is 0 Å². The van der Waals surface area contributed by atoms with Crippen LogP contribution in [0.15, 0.2) is 53.7 Å². The molecule has 0 saturated carbocycles. The molecule has 4 rings (SSSR count). The highest BCUT2D eigenvalue weighted by atomic mass is 32.2. The molecule has 1 fully saturated rings. The fourth-order valence-corrected chi connectivity index (χ4v) is 4.54. The summed E-state index contributed by atoms with van der Waals surface area (Å²) in [5, 5.41) is 0.0554. The molecule has 2 aliphatic rings. The summed E-state index contributed by atoms with van der Waals surface area (Å²) in [6.45, 7) is 3.38. The largest absolute Gasteiger partial charge is 0.368 e. The van der Waals surface area contributed by atoms with Crippen molar-refractivity contribution >= 4 is 23.4 Å². The van der Waals surface area contributed by atoms with E-state index in [9.17, 15) is 4.79 Å². The number of aromatic nitrogens is 1. The molecule has 0 spiro atoms. The zero-order valence-corrected chi connectivity index (χ0v) is 13.7. The van der Waals surface area contributed by atoms with Gasteiger partial charge < -0.3 is 9.80 Å². The van der Waals surface area contributed by atoms with Crippen LogP contribution in [0.4, 0.5) is 5.69 Å². The van der Waals surface area contributed by atoms with Gasteiger partial charge in [-0.15, -0.1) is 11.8 Å². The second-order valence-corrected chi connectivity index (χ2v) is 7.18. The second-order valence-electron chi connectivity index (χ2n) is 5.94. The summed E-state index contributed by atoms with van der Waals surface area (Å²) in [5.74, 6) is 0.292. The first-order valence-corrected chi connectivity index (χ1v) is 8.87. The van der Waals surface area contributed by atoms with E-state index >= 15 is 0 Å². The van der Waals surface area contributed by atoms with Crippen LogP contribution in [0.1, 0.15) is 5.56 Å². The number of carbonyl (C=O) groups excluding carboxylic acids is 1. The van der Waals surface area contributed by atoms with E-state index in [1.54, 1.807) is 11.8 Å². The highest BCUT2D eigenvalue weighted by Gasteiger charge is 2.32. The van der Waals surface area contributed by atoms with Crippen LogP contribution in [0, 0.1) is 0 Å². The van der Waals surface area contributed by atoms with Gasteiger partial charge in [0.15, 0.2) is 0 Å². The van der Waals surface area contributed by atoms with Gasteiger partial charge in [-0.25, -0.2) is 0 Å². The third kappa shape index (κ3) is 2.93. The van der Waals surface area contributed by atoms with E-state index < -0.39 is 0 Å². The number of hydrogen-bond acceptors (Lipinski definition) is 4. The number of hydrogen-bond donors (Lipinski definition) is 0. The van der Waals surface area contributed by atoms with Gasteiger partial charge in [-0.1, -0.05) is 18.2 Å². The third-order valence-electron chi connectivity index (χ3n) is 4.54. The molecule has 0 bridgehead atoms. The molecule has 1 aromatic heterocycles. The van der Waals surface area contributed by atoms with Crippen molar-refractivity contribution in [3.8, 4) is 0 Å². The first kappa shape index (κ1) is 14.6. The van der Waals surface area contributed by atoms with Crippen molar-refractivity contribution in [1.29, 1.82) is 0 Å². The Morgan fingerprint density at radius 3 is 2.52 bits per heavy atom. The standard InChI is InChI=1S/C18H19N3OS/c22-18(17-13-14-3-1-2-4-16(14)23-17)21-11-9-20(10-12-21)15-5-7-19-8-6-15/h1-8,17H,9-13H2. The first-order valence-electron chi connectivity index (χ1n) is 7.99. The number of nitrogens with zero attached hydrogens (tertiary/aromatic N) is 3. The molecule has 5 heteroatoms. The SMILES string of the molecule is O=C(C1Cc2ccccc2S1)N1CCN(c2ccncc2)CC1. The predicted octanol–water partition coefficient (Wildman–Crippen LogP) is 2.45. The Morgan fingerprint density at radius 2 is 1.78 bits per heavy atom. The van der Waals surface area contributed by atoms with Gasteiger partial charge in [0.05, 0.1) is 5.25 Å². The lowest BCUT2D eigenvalue weighted by atomic mass is 10.1. The molecule has 0 radical (unpaired) electrons. The van der Waals surface area contributed by atoms with E-state index in [4.69, 9.17) is 0 Å². The zero-order valence-electron chi connectivity index (χ0n) is 12.9. The lowest BCUT2D eigenvalue weighted by molar-refractivity contribution is -0.130. The predicted molar refractivity (Wildman–Crippen MR) is 92.8 cm³/mol. The van der Waals surface area contributed by atoms with Crippen LogP contribution in [-0.4, -0.2) is 47.2 Å². The number of carbonyl (C=O) groups is 1. The smallest absolute Gasteiger partial charge is 0.236 e. The maximum Gasteiger partial charge on any atom is 0.236 e. The number of fused-ring (bicyclic) bond motifs is 1. The number of anilines is 1. The quantitative estimate of drug-likeness (QED) is 0.850. The summed E-state index contributed by atoms with van der Waals surface area (Å²) >= 11 is 1.72. The summed E-state index contributed by atoms with van der Waals surface area (Å²) in [4.78, 5) is 22.5. The van der Waals surface area contributed by atoms with E-state index in [1.165, 1.54) is 16.1 Å². The minimum Gasteiger partial charge on any atom is -0.368 e. The number of benzene rings is 1. The van der Waals surface area contributed by atoms with Crippen molar-refractivity contribution in [3.63, 3.8) is 0 Å². The minimum atomic E-state index is 0.0554. The van der Waals surface area contributed by atoms with E-state index in [1.807, 2.05) is 35.5 Å². The Bertz CT molecular complexity index is 673. The molecule has 118 valence electrons. The first-order chi connectivity index (χ1) is 11.3. The van der Waals surface area contributed by atoms with Gasteiger partial charge in [0.25, 0.3) is 0 Å². The lowest BCUT2D eigenvalue weighted by Gasteiger charge is -2.37. The molecular weight excluding hydrogens is 306 g/mol. The van der Waals surface area contributed by atoms with Gasteiger partial charge in [-0.3, -0.25) is 9.78 Å². The highest BCUT2D eigenvalue weighted by Crippen LogP contribution is 2.37. The van der Waals surface area contributed by atoms with E-state index in [-0.39, 0.29) is 5.25 Å². The Labute approximate surface area is 140 Å². The van der Waals surface area contributed by atoms with Crippen molar-refractivity contribution in [3.05, 3.63) is 54.4 Å². The summed E-state index contributed by atoms with van der Waals surface area (Å²) < 4.78 is 0. The summed E-state index contributed by atoms with van der Waals surface area (Å²) in [6, 6.07) is 12.4. The molecule has 0 aliphatic carbocycles. The lowest BCUT2D eigenvalue weighted by Crippen LogP contribution is -2.51. The molecule has 1 saturated heterocycles. The van der Waals surface area contributed by atoms with Crippen LogP contribution in [0.25, 0.3) is 0 Å². The van der Waals surface area contributed by atoms with Crippen LogP contribution in [-0.2, 0) is 11.2 Å². The van der Waals surface area contributed by atoms with Gasteiger partial charge in [0, 0.05) is 49.2 Å². The molecule has 4 nitrogen and oxygen atoms in total. The number of rotatable bonds is 2.